The number of sulfone groups is 1. The van der Waals surface area contributed by atoms with Crippen LogP contribution in [-0.2, 0) is 15.4 Å². The molecule has 0 unspecified atom stereocenters. The van der Waals surface area contributed by atoms with Gasteiger partial charge in [0.1, 0.15) is 33.2 Å². The summed E-state index contributed by atoms with van der Waals surface area (Å²) in [4.78, 5) is 12.7. The van der Waals surface area contributed by atoms with E-state index in [1.54, 1.807) is 0 Å². The molecular formula is C22H23F2N5O3S. The monoisotopic (exact) mass is 475 g/mol. The van der Waals surface area contributed by atoms with E-state index in [1.807, 2.05) is 0 Å². The lowest BCUT2D eigenvalue weighted by Crippen LogP contribution is -2.54. The number of nitrogens with zero attached hydrogens (tertiary/aromatic N) is 3. The molecule has 0 fully saturated rings. The average molecular weight is 476 g/mol. The summed E-state index contributed by atoms with van der Waals surface area (Å²) in [6.07, 6.45) is 2.47. The summed E-state index contributed by atoms with van der Waals surface area (Å²) in [5, 5.41) is 3.20. The van der Waals surface area contributed by atoms with Gasteiger partial charge in [0.05, 0.1) is 25.3 Å². The number of hydrogen-bond donors (Lipinski definition) is 2. The van der Waals surface area contributed by atoms with Crippen LogP contribution < -0.4 is 15.8 Å². The van der Waals surface area contributed by atoms with Crippen LogP contribution in [0.2, 0.25) is 0 Å². The predicted molar refractivity (Wildman–Crippen MR) is 123 cm³/mol. The highest BCUT2D eigenvalue weighted by atomic mass is 32.2. The number of anilines is 2. The zero-order valence-corrected chi connectivity index (χ0v) is 19.3. The second kappa shape index (κ2) is 7.62. The first kappa shape index (κ1) is 22.8. The first-order chi connectivity index (χ1) is 15.4. The van der Waals surface area contributed by atoms with Crippen molar-refractivity contribution in [1.82, 2.24) is 9.97 Å². The Kier molecular flexibility index (Phi) is 5.27. The number of rotatable bonds is 4. The zero-order chi connectivity index (χ0) is 24.2. The number of fused-ring (bicyclic) bond motifs is 1. The molecule has 0 amide bonds. The highest BCUT2D eigenvalue weighted by molar-refractivity contribution is 7.93. The van der Waals surface area contributed by atoms with Gasteiger partial charge in [-0.3, -0.25) is 4.99 Å². The van der Waals surface area contributed by atoms with Crippen LogP contribution in [0.3, 0.4) is 0 Å². The second-order valence-electron chi connectivity index (χ2n) is 8.59. The van der Waals surface area contributed by atoms with E-state index in [2.05, 4.69) is 20.3 Å². The molecule has 1 aliphatic rings. The maximum absolute atomic E-state index is 14.9. The highest BCUT2D eigenvalue weighted by Gasteiger charge is 2.49. The van der Waals surface area contributed by atoms with Gasteiger partial charge < -0.3 is 15.8 Å². The van der Waals surface area contributed by atoms with Gasteiger partial charge in [-0.15, -0.1) is 0 Å². The lowest BCUT2D eigenvalue weighted by molar-refractivity contribution is 0.413. The molecule has 8 nitrogen and oxygen atoms in total. The molecule has 3 aromatic rings. The molecule has 1 aliphatic heterocycles. The fourth-order valence-electron chi connectivity index (χ4n) is 3.70. The maximum atomic E-state index is 14.9. The third-order valence-electron chi connectivity index (χ3n) is 5.93. The molecule has 0 bridgehead atoms. The molecule has 0 saturated heterocycles. The van der Waals surface area contributed by atoms with Gasteiger partial charge >= 0.3 is 0 Å². The molecule has 1 atom stereocenters. The fraction of sp³-hybridized carbons (Fsp3) is 0.318. The standard InChI is InChI=1S/C22H23F2N5O3S/c1-21(2)20(25)29-22(3,11-33(21,30)31)15-7-12(5-6-16(15)23)28-19-18-14(17(24)10-27-19)8-13(32-4)9-26-18/h5-10H,11H2,1-4H3,(H2,25,29)(H,27,28)/t22-/m0/s1. The molecule has 2 aromatic heterocycles. The lowest BCUT2D eigenvalue weighted by atomic mass is 9.92. The maximum Gasteiger partial charge on any atom is 0.165 e. The van der Waals surface area contributed by atoms with Crippen molar-refractivity contribution in [2.24, 2.45) is 10.7 Å². The molecule has 0 saturated carbocycles. The van der Waals surface area contributed by atoms with Crippen molar-refractivity contribution >= 4 is 38.1 Å². The van der Waals surface area contributed by atoms with Crippen LogP contribution in [0.5, 0.6) is 5.75 Å². The summed E-state index contributed by atoms with van der Waals surface area (Å²) < 4.78 is 58.6. The van der Waals surface area contributed by atoms with Gasteiger partial charge in [-0.2, -0.15) is 0 Å². The van der Waals surface area contributed by atoms with Gasteiger partial charge in [-0.05, 0) is 45.0 Å². The Hall–Kier alpha value is -3.34. The minimum atomic E-state index is -3.71. The molecule has 33 heavy (non-hydrogen) atoms. The van der Waals surface area contributed by atoms with Crippen LogP contribution in [0.1, 0.15) is 26.3 Å². The number of nitrogens with one attached hydrogen (secondary N) is 1. The van der Waals surface area contributed by atoms with E-state index in [4.69, 9.17) is 10.5 Å². The summed E-state index contributed by atoms with van der Waals surface area (Å²) in [7, 11) is -2.27. The summed E-state index contributed by atoms with van der Waals surface area (Å²) >= 11 is 0. The van der Waals surface area contributed by atoms with Crippen molar-refractivity contribution in [1.29, 1.82) is 0 Å². The van der Waals surface area contributed by atoms with Crippen LogP contribution in [0.25, 0.3) is 10.9 Å². The second-order valence-corrected chi connectivity index (χ2v) is 11.1. The fourth-order valence-corrected chi connectivity index (χ4v) is 5.39. The van der Waals surface area contributed by atoms with Crippen LogP contribution in [-0.4, -0.2) is 41.8 Å². The van der Waals surface area contributed by atoms with Crippen LogP contribution in [0.4, 0.5) is 20.3 Å². The SMILES string of the molecule is COc1cnc2c(Nc3ccc(F)c([C@]4(C)CS(=O)(=O)C(C)(C)C(N)=N4)c3)ncc(F)c2c1. The Morgan fingerprint density at radius 3 is 2.48 bits per heavy atom. The Balaban J connectivity index is 1.78. The number of aliphatic imine (C=N–C) groups is 1. The van der Waals surface area contributed by atoms with E-state index >= 15 is 0 Å². The molecule has 3 heterocycles. The smallest absolute Gasteiger partial charge is 0.165 e. The minimum Gasteiger partial charge on any atom is -0.495 e. The first-order valence-corrected chi connectivity index (χ1v) is 11.7. The van der Waals surface area contributed by atoms with Gasteiger partial charge in [0, 0.05) is 16.6 Å². The number of hydrogen-bond acceptors (Lipinski definition) is 8. The van der Waals surface area contributed by atoms with E-state index in [-0.39, 0.29) is 28.1 Å². The summed E-state index contributed by atoms with van der Waals surface area (Å²) in [6, 6.07) is 5.59. The van der Waals surface area contributed by atoms with E-state index in [1.165, 1.54) is 58.3 Å². The van der Waals surface area contributed by atoms with Crippen molar-refractivity contribution in [2.75, 3.05) is 18.2 Å². The largest absolute Gasteiger partial charge is 0.495 e. The lowest BCUT2D eigenvalue weighted by Gasteiger charge is -2.38. The molecular weight excluding hydrogens is 452 g/mol. The zero-order valence-electron chi connectivity index (χ0n) is 18.5. The van der Waals surface area contributed by atoms with Crippen molar-refractivity contribution in [3.8, 4) is 5.75 Å². The van der Waals surface area contributed by atoms with Crippen molar-refractivity contribution in [2.45, 2.75) is 31.1 Å². The number of benzene rings is 1. The Morgan fingerprint density at radius 2 is 1.82 bits per heavy atom. The molecule has 3 N–H and O–H groups in total. The molecule has 4 rings (SSSR count). The van der Waals surface area contributed by atoms with E-state index < -0.39 is 37.5 Å². The van der Waals surface area contributed by atoms with Gasteiger partial charge in [0.2, 0.25) is 0 Å². The Labute approximate surface area is 189 Å². The van der Waals surface area contributed by atoms with Crippen molar-refractivity contribution in [3.63, 3.8) is 0 Å². The Bertz CT molecular complexity index is 1410. The number of methoxy groups -OCH3 is 1. The topological polar surface area (TPSA) is 120 Å². The number of ether oxygens (including phenoxy) is 1. The molecule has 0 spiro atoms. The van der Waals surface area contributed by atoms with Crippen LogP contribution in [0, 0.1) is 11.6 Å². The summed E-state index contributed by atoms with van der Waals surface area (Å²) in [6.45, 7) is 4.47. The summed E-state index contributed by atoms with van der Waals surface area (Å²) in [5.41, 5.74) is 5.24. The third kappa shape index (κ3) is 3.75. The van der Waals surface area contributed by atoms with E-state index in [0.717, 1.165) is 6.20 Å². The van der Waals surface area contributed by atoms with Crippen molar-refractivity contribution in [3.05, 3.63) is 53.9 Å². The molecule has 0 aliphatic carbocycles. The normalized spacial score (nSPS) is 21.5. The number of pyridine rings is 2. The number of halogens is 2. The Morgan fingerprint density at radius 1 is 1.09 bits per heavy atom. The van der Waals surface area contributed by atoms with Gasteiger partial charge in [0.25, 0.3) is 0 Å². The van der Waals surface area contributed by atoms with E-state index in [9.17, 15) is 17.2 Å². The van der Waals surface area contributed by atoms with Gasteiger partial charge in [0.15, 0.2) is 21.5 Å². The minimum absolute atomic E-state index is 0.0515. The highest BCUT2D eigenvalue weighted by Crippen LogP contribution is 2.39. The quantitative estimate of drug-likeness (QED) is 0.593. The van der Waals surface area contributed by atoms with Crippen LogP contribution >= 0.6 is 0 Å². The molecule has 0 radical (unpaired) electrons. The van der Waals surface area contributed by atoms with Crippen molar-refractivity contribution < 1.29 is 21.9 Å². The van der Waals surface area contributed by atoms with Gasteiger partial charge in [-0.1, -0.05) is 0 Å². The number of aromatic nitrogens is 2. The van der Waals surface area contributed by atoms with E-state index in [0.29, 0.717) is 11.4 Å². The third-order valence-corrected chi connectivity index (χ3v) is 8.64. The predicted octanol–water partition coefficient (Wildman–Crippen LogP) is 3.44. The first-order valence-electron chi connectivity index (χ1n) is 10.0. The van der Waals surface area contributed by atoms with Gasteiger partial charge in [-0.25, -0.2) is 27.2 Å². The average Bonchev–Trinajstić information content (AvgIpc) is 2.75. The van der Waals surface area contributed by atoms with Crippen LogP contribution in [0.15, 0.2) is 41.7 Å². The molecule has 11 heteroatoms. The molecule has 1 aromatic carbocycles. The number of nitrogens with two attached hydrogens (primary N) is 1. The summed E-state index contributed by atoms with van der Waals surface area (Å²) in [5.74, 6) is -1.08. The number of amidine groups is 1. The molecule has 174 valence electrons.